The predicted molar refractivity (Wildman–Crippen MR) is 141 cm³/mol. The van der Waals surface area contributed by atoms with Crippen LogP contribution in [0.3, 0.4) is 0 Å². The van der Waals surface area contributed by atoms with E-state index < -0.39 is 40.0 Å². The van der Waals surface area contributed by atoms with E-state index in [1.165, 1.54) is 19.2 Å². The monoisotopic (exact) mass is 546 g/mol. The summed E-state index contributed by atoms with van der Waals surface area (Å²) in [5.74, 6) is -1.71. The van der Waals surface area contributed by atoms with Gasteiger partial charge in [-0.15, -0.1) is 0 Å². The van der Waals surface area contributed by atoms with Gasteiger partial charge in [-0.05, 0) is 82.0 Å². The van der Waals surface area contributed by atoms with Crippen LogP contribution in [0, 0.1) is 6.92 Å². The molecule has 4 N–H and O–H groups in total. The average Bonchev–Trinajstić information content (AvgIpc) is 3.40. The lowest BCUT2D eigenvalue weighted by molar-refractivity contribution is -0.148. The third-order valence-corrected chi connectivity index (χ3v) is 8.36. The van der Waals surface area contributed by atoms with Gasteiger partial charge in [-0.1, -0.05) is 17.7 Å². The first-order chi connectivity index (χ1) is 18.1. The number of benzene rings is 2. The standard InChI is InChI=1S/C26H34N4O7S/c1-18-8-14-21(15-9-18)38(35,36)29-17-5-7-22(29)24(31)30(23(25(32)33)6-3-4-16-27)26(34)28-19-10-12-20(37-2)13-11-19/h8-15,22-23H,3-7,16-17,27H2,1-2H3,(H,28,34)(H,32,33)/t22-,23-/m0/s1. The minimum atomic E-state index is -4.07. The SMILES string of the molecule is COc1ccc(NC(=O)N(C(=O)[C@@H]2CCCN2S(=O)(=O)c2ccc(C)cc2)[C@@H](CCCCN)C(=O)O)cc1. The van der Waals surface area contributed by atoms with E-state index in [4.69, 9.17) is 10.5 Å². The number of unbranched alkanes of at least 4 members (excludes halogenated alkanes) is 1. The number of nitrogens with zero attached hydrogens (tertiary/aromatic N) is 2. The van der Waals surface area contributed by atoms with Crippen LogP contribution in [0.5, 0.6) is 5.75 Å². The van der Waals surface area contributed by atoms with Crippen LogP contribution in [0.4, 0.5) is 10.5 Å². The van der Waals surface area contributed by atoms with Crippen LogP contribution in [0.2, 0.25) is 0 Å². The number of anilines is 1. The zero-order chi connectivity index (χ0) is 27.9. The summed E-state index contributed by atoms with van der Waals surface area (Å²) in [6, 6.07) is 8.86. The highest BCUT2D eigenvalue weighted by atomic mass is 32.2. The summed E-state index contributed by atoms with van der Waals surface area (Å²) in [4.78, 5) is 40.2. The zero-order valence-electron chi connectivity index (χ0n) is 21.5. The summed E-state index contributed by atoms with van der Waals surface area (Å²) in [6.07, 6.45) is 1.39. The molecule has 3 rings (SSSR count). The number of methoxy groups -OCH3 is 1. The van der Waals surface area contributed by atoms with Gasteiger partial charge in [-0.3, -0.25) is 4.79 Å². The summed E-state index contributed by atoms with van der Waals surface area (Å²) in [6.45, 7) is 2.23. The third kappa shape index (κ3) is 6.69. The number of carboxylic acid groups (broad SMARTS) is 1. The molecule has 0 aliphatic carbocycles. The quantitative estimate of drug-likeness (QED) is 0.363. The Labute approximate surface area is 222 Å². The molecule has 2 atom stereocenters. The van der Waals surface area contributed by atoms with Crippen molar-refractivity contribution in [1.82, 2.24) is 9.21 Å². The summed E-state index contributed by atoms with van der Waals surface area (Å²) < 4.78 is 33.0. The van der Waals surface area contributed by atoms with Crippen molar-refractivity contribution in [2.24, 2.45) is 5.73 Å². The van der Waals surface area contributed by atoms with Gasteiger partial charge in [0, 0.05) is 12.2 Å². The van der Waals surface area contributed by atoms with Crippen LogP contribution in [0.1, 0.15) is 37.7 Å². The number of carbonyl (C=O) groups is 3. The largest absolute Gasteiger partial charge is 0.497 e. The van der Waals surface area contributed by atoms with Crippen molar-refractivity contribution in [3.8, 4) is 5.75 Å². The second kappa shape index (κ2) is 12.9. The van der Waals surface area contributed by atoms with Crippen molar-refractivity contribution >= 4 is 33.6 Å². The lowest BCUT2D eigenvalue weighted by atomic mass is 10.1. The Hall–Kier alpha value is -3.48. The maximum atomic E-state index is 13.8. The molecule has 1 fully saturated rings. The molecule has 0 saturated carbocycles. The van der Waals surface area contributed by atoms with Crippen molar-refractivity contribution in [1.29, 1.82) is 0 Å². The van der Waals surface area contributed by atoms with Gasteiger partial charge < -0.3 is 20.9 Å². The number of carboxylic acids is 1. The van der Waals surface area contributed by atoms with E-state index >= 15 is 0 Å². The summed E-state index contributed by atoms with van der Waals surface area (Å²) in [5, 5.41) is 12.6. The van der Waals surface area contributed by atoms with Crippen molar-refractivity contribution in [2.45, 2.75) is 56.0 Å². The Morgan fingerprint density at radius 3 is 2.37 bits per heavy atom. The van der Waals surface area contributed by atoms with Crippen molar-refractivity contribution in [2.75, 3.05) is 25.5 Å². The fourth-order valence-corrected chi connectivity index (χ4v) is 6.03. The second-order valence-corrected chi connectivity index (χ2v) is 11.0. The number of amides is 3. The first-order valence-corrected chi connectivity index (χ1v) is 13.8. The van der Waals surface area contributed by atoms with Gasteiger partial charge in [0.25, 0.3) is 0 Å². The smallest absolute Gasteiger partial charge is 0.329 e. The molecule has 38 heavy (non-hydrogen) atoms. The van der Waals surface area contributed by atoms with Gasteiger partial charge in [0.2, 0.25) is 15.9 Å². The number of hydrogen-bond acceptors (Lipinski definition) is 7. The van der Waals surface area contributed by atoms with E-state index in [9.17, 15) is 27.9 Å². The van der Waals surface area contributed by atoms with Gasteiger partial charge in [-0.25, -0.2) is 22.9 Å². The fourth-order valence-electron chi connectivity index (χ4n) is 4.38. The van der Waals surface area contributed by atoms with E-state index in [2.05, 4.69) is 5.32 Å². The molecule has 1 aliphatic heterocycles. The molecule has 0 unspecified atom stereocenters. The Morgan fingerprint density at radius 2 is 1.79 bits per heavy atom. The molecule has 12 heteroatoms. The van der Waals surface area contributed by atoms with Crippen molar-refractivity contribution in [3.05, 3.63) is 54.1 Å². The molecule has 2 aromatic carbocycles. The number of nitrogens with one attached hydrogen (secondary N) is 1. The van der Waals surface area contributed by atoms with Gasteiger partial charge in [0.05, 0.1) is 12.0 Å². The lowest BCUT2D eigenvalue weighted by Crippen LogP contribution is -2.56. The summed E-state index contributed by atoms with van der Waals surface area (Å²) >= 11 is 0. The molecule has 0 aromatic heterocycles. The molecule has 11 nitrogen and oxygen atoms in total. The average molecular weight is 547 g/mol. The number of aliphatic carboxylic acids is 1. The third-order valence-electron chi connectivity index (χ3n) is 6.44. The first kappa shape index (κ1) is 29.1. The number of imide groups is 1. The first-order valence-electron chi connectivity index (χ1n) is 12.4. The molecule has 1 saturated heterocycles. The van der Waals surface area contributed by atoms with Crippen LogP contribution in [0.15, 0.2) is 53.4 Å². The molecule has 1 aliphatic rings. The number of rotatable bonds is 11. The number of nitrogens with two attached hydrogens (primary N) is 1. The maximum absolute atomic E-state index is 13.8. The summed E-state index contributed by atoms with van der Waals surface area (Å²) in [7, 11) is -2.58. The van der Waals surface area contributed by atoms with Crippen molar-refractivity contribution in [3.63, 3.8) is 0 Å². The summed E-state index contributed by atoms with van der Waals surface area (Å²) in [5.41, 5.74) is 6.74. The fraction of sp³-hybridized carbons (Fsp3) is 0.423. The Morgan fingerprint density at radius 1 is 1.13 bits per heavy atom. The minimum absolute atomic E-state index is 0.0221. The molecule has 206 valence electrons. The van der Waals surface area contributed by atoms with E-state index in [1.54, 1.807) is 36.4 Å². The van der Waals surface area contributed by atoms with E-state index in [0.29, 0.717) is 42.1 Å². The Bertz CT molecular complexity index is 1230. The number of ether oxygens (including phenoxy) is 1. The molecular formula is C26H34N4O7S. The molecular weight excluding hydrogens is 512 g/mol. The minimum Gasteiger partial charge on any atom is -0.497 e. The predicted octanol–water partition coefficient (Wildman–Crippen LogP) is 2.80. The van der Waals surface area contributed by atoms with Crippen LogP contribution in [-0.2, 0) is 19.6 Å². The van der Waals surface area contributed by atoms with E-state index in [0.717, 1.165) is 9.87 Å². The number of carbonyl (C=O) groups excluding carboxylic acids is 2. The number of sulfonamides is 1. The zero-order valence-corrected chi connectivity index (χ0v) is 22.3. The second-order valence-electron chi connectivity index (χ2n) is 9.09. The molecule has 0 spiro atoms. The van der Waals surface area contributed by atoms with Gasteiger partial charge >= 0.3 is 12.0 Å². The molecule has 0 bridgehead atoms. The number of hydrogen-bond donors (Lipinski definition) is 3. The van der Waals surface area contributed by atoms with E-state index in [1.807, 2.05) is 6.92 Å². The molecule has 0 radical (unpaired) electrons. The van der Waals surface area contributed by atoms with E-state index in [-0.39, 0.29) is 24.3 Å². The highest BCUT2D eigenvalue weighted by Gasteiger charge is 2.45. The number of urea groups is 1. The topological polar surface area (TPSA) is 159 Å². The van der Waals surface area contributed by atoms with Crippen LogP contribution in [0.25, 0.3) is 0 Å². The van der Waals surface area contributed by atoms with Gasteiger partial charge in [0.1, 0.15) is 17.8 Å². The lowest BCUT2D eigenvalue weighted by Gasteiger charge is -2.32. The van der Waals surface area contributed by atoms with Gasteiger partial charge in [0.15, 0.2) is 0 Å². The van der Waals surface area contributed by atoms with Crippen molar-refractivity contribution < 1.29 is 32.6 Å². The van der Waals surface area contributed by atoms with Crippen LogP contribution >= 0.6 is 0 Å². The highest BCUT2D eigenvalue weighted by molar-refractivity contribution is 7.89. The maximum Gasteiger partial charge on any atom is 0.329 e. The van der Waals surface area contributed by atoms with Crippen LogP contribution < -0.4 is 15.8 Å². The molecule has 3 amide bonds. The Kier molecular flexibility index (Phi) is 9.84. The van der Waals surface area contributed by atoms with Gasteiger partial charge in [-0.2, -0.15) is 4.31 Å². The molecule has 1 heterocycles. The van der Waals surface area contributed by atoms with Crippen LogP contribution in [-0.4, -0.2) is 72.9 Å². The highest BCUT2D eigenvalue weighted by Crippen LogP contribution is 2.29. The normalized spacial score (nSPS) is 16.6. The Balaban J connectivity index is 1.95. The molecule has 2 aromatic rings. The number of aryl methyl sites for hydroxylation is 1.